The van der Waals surface area contributed by atoms with Crippen LogP contribution in [0.15, 0.2) is 67.1 Å². The molecule has 6 aromatic rings. The molecule has 3 fully saturated rings. The third-order valence-corrected chi connectivity index (χ3v) is 15.0. The second-order valence-corrected chi connectivity index (χ2v) is 19.8. The molecule has 4 unspecified atom stereocenters. The Labute approximate surface area is 440 Å². The number of carbonyl (C=O) groups is 3. The zero-order valence-corrected chi connectivity index (χ0v) is 43.9. The van der Waals surface area contributed by atoms with Crippen molar-refractivity contribution in [1.29, 1.82) is 0 Å². The summed E-state index contributed by atoms with van der Waals surface area (Å²) in [6.07, 6.45) is 9.80. The van der Waals surface area contributed by atoms with E-state index in [4.69, 9.17) is 28.8 Å². The first kappa shape index (κ1) is 54.1. The van der Waals surface area contributed by atoms with Gasteiger partial charge in [-0.05, 0) is 153 Å². The Morgan fingerprint density at radius 2 is 1.18 bits per heavy atom. The van der Waals surface area contributed by atoms with Crippen molar-refractivity contribution in [3.63, 3.8) is 0 Å². The van der Waals surface area contributed by atoms with Gasteiger partial charge in [0.2, 0.25) is 5.95 Å². The van der Waals surface area contributed by atoms with Crippen LogP contribution < -0.4 is 0 Å². The normalized spacial score (nSPS) is 19.4. The van der Waals surface area contributed by atoms with Gasteiger partial charge in [-0.25, -0.2) is 28.1 Å². The minimum absolute atomic E-state index is 0.00318. The van der Waals surface area contributed by atoms with Crippen molar-refractivity contribution in [1.82, 2.24) is 39.2 Å². The smallest absolute Gasteiger partial charge is 0.341 e. The molecule has 4 aromatic heterocycles. The number of carbonyl (C=O) groups excluding carboxylic acids is 3. The highest BCUT2D eigenvalue weighted by atomic mass is 19.1. The number of esters is 3. The predicted molar refractivity (Wildman–Crippen MR) is 276 cm³/mol. The Hall–Kier alpha value is -6.70. The van der Waals surface area contributed by atoms with E-state index in [9.17, 15) is 14.4 Å². The van der Waals surface area contributed by atoms with Gasteiger partial charge in [-0.1, -0.05) is 19.1 Å². The third kappa shape index (κ3) is 11.7. The summed E-state index contributed by atoms with van der Waals surface area (Å²) in [5.74, 6) is -3.65. The maximum absolute atomic E-state index is 16.6. The number of piperidine rings is 1. The minimum atomic E-state index is -0.779. The second-order valence-electron chi connectivity index (χ2n) is 19.8. The monoisotopic (exact) mass is 1050 g/mol. The van der Waals surface area contributed by atoms with Crippen molar-refractivity contribution in [2.75, 3.05) is 59.8 Å². The van der Waals surface area contributed by atoms with Crippen LogP contribution >= 0.6 is 0 Å². The van der Waals surface area contributed by atoms with E-state index in [0.29, 0.717) is 88.3 Å². The number of halogens is 3. The predicted octanol–water partition coefficient (Wildman–Crippen LogP) is 10.0. The fraction of sp³-hybridized carbons (Fsp3) is 0.491. The van der Waals surface area contributed by atoms with Crippen LogP contribution in [0, 0.1) is 23.5 Å². The van der Waals surface area contributed by atoms with Gasteiger partial charge in [0.15, 0.2) is 0 Å². The molecule has 0 amide bonds. The quantitative estimate of drug-likeness (QED) is 0.0428. The topological polar surface area (TPSA) is 167 Å². The Balaban J connectivity index is 0.917. The zero-order chi connectivity index (χ0) is 53.5. The summed E-state index contributed by atoms with van der Waals surface area (Å²) >= 11 is 0. The minimum Gasteiger partial charge on any atom is -0.462 e. The van der Waals surface area contributed by atoms with E-state index >= 15 is 13.2 Å². The number of nitrogens with zero attached hydrogens (tertiary/aromatic N) is 8. The van der Waals surface area contributed by atoms with Crippen molar-refractivity contribution in [2.45, 2.75) is 116 Å². The van der Waals surface area contributed by atoms with E-state index in [0.717, 1.165) is 37.1 Å². The lowest BCUT2D eigenvalue weighted by Crippen LogP contribution is -2.32. The first-order chi connectivity index (χ1) is 36.9. The molecule has 0 bridgehead atoms. The molecule has 0 spiro atoms. The number of aryl methyl sites for hydroxylation is 3. The van der Waals surface area contributed by atoms with Crippen molar-refractivity contribution in [3.8, 4) is 33.8 Å². The van der Waals surface area contributed by atoms with Crippen LogP contribution in [-0.4, -0.2) is 123 Å². The van der Waals surface area contributed by atoms with Gasteiger partial charge >= 0.3 is 17.9 Å². The number of rotatable bonds is 19. The summed E-state index contributed by atoms with van der Waals surface area (Å²) in [7, 11) is 2.06. The van der Waals surface area contributed by atoms with E-state index in [1.807, 2.05) is 19.1 Å². The summed E-state index contributed by atoms with van der Waals surface area (Å²) in [6.45, 7) is 10.4. The summed E-state index contributed by atoms with van der Waals surface area (Å²) < 4.78 is 82.2. The Kier molecular flexibility index (Phi) is 17.5. The number of pyridine rings is 1. The molecular formula is C57H67F3N8O8. The molecule has 9 rings (SSSR count). The van der Waals surface area contributed by atoms with Crippen LogP contribution in [0.5, 0.6) is 0 Å². The highest BCUT2D eigenvalue weighted by molar-refractivity contribution is 5.97. The van der Waals surface area contributed by atoms with Gasteiger partial charge in [0.05, 0.1) is 91.9 Å². The van der Waals surface area contributed by atoms with Gasteiger partial charge in [0.1, 0.15) is 28.3 Å². The summed E-state index contributed by atoms with van der Waals surface area (Å²) in [6, 6.07) is 12.9. The van der Waals surface area contributed by atoms with Crippen molar-refractivity contribution < 1.29 is 51.2 Å². The van der Waals surface area contributed by atoms with Crippen LogP contribution in [0.4, 0.5) is 13.2 Å². The molecule has 3 aliphatic heterocycles. The molecule has 0 aliphatic carbocycles. The van der Waals surface area contributed by atoms with Gasteiger partial charge < -0.3 is 28.6 Å². The van der Waals surface area contributed by atoms with Gasteiger partial charge in [0, 0.05) is 36.0 Å². The Bertz CT molecular complexity index is 3020. The number of ether oxygens (including phenoxy) is 5. The highest BCUT2D eigenvalue weighted by Crippen LogP contribution is 2.39. The fourth-order valence-corrected chi connectivity index (χ4v) is 11.0. The maximum Gasteiger partial charge on any atom is 0.341 e. The summed E-state index contributed by atoms with van der Waals surface area (Å²) in [4.78, 5) is 46.4. The SMILES string of the molecule is CCOC(=O)c1cnn(C2CCN(C)CC2)c1-c1ccc(CCC2COCCC2n2ncc(C(=O)OCC)c2-c2ccc(CCC3CC(n4ncc(C(=O)OCC)c4-c4ccc(CC)cc4F)CCO3)nc2F)cc1F. The first-order valence-electron chi connectivity index (χ1n) is 26.8. The van der Waals surface area contributed by atoms with E-state index in [1.54, 1.807) is 59.1 Å². The molecular weight excluding hydrogens is 982 g/mol. The molecule has 19 heteroatoms. The van der Waals surface area contributed by atoms with Crippen LogP contribution in [0.3, 0.4) is 0 Å². The molecule has 0 radical (unpaired) electrons. The maximum atomic E-state index is 16.6. The first-order valence-corrected chi connectivity index (χ1v) is 26.8. The zero-order valence-electron chi connectivity index (χ0n) is 43.9. The van der Waals surface area contributed by atoms with Crippen LogP contribution in [-0.2, 0) is 42.9 Å². The summed E-state index contributed by atoms with van der Waals surface area (Å²) in [5.41, 5.74) is 4.18. The average molecular weight is 1050 g/mol. The summed E-state index contributed by atoms with van der Waals surface area (Å²) in [5, 5.41) is 13.9. The lowest BCUT2D eigenvalue weighted by molar-refractivity contribution is -0.0117. The van der Waals surface area contributed by atoms with Crippen LogP contribution in [0.2, 0.25) is 0 Å². The molecule has 3 saturated heterocycles. The van der Waals surface area contributed by atoms with Gasteiger partial charge in [-0.15, -0.1) is 0 Å². The number of hydrogen-bond acceptors (Lipinski definition) is 13. The standard InChI is InChI=1S/C57H67F3N8O8/c1-6-35-11-17-42(48(58)28-35)52-46(56(70)74-8-3)32-62-67(52)40-22-27-76-41(30-40)16-14-38-15-19-44(54(60)64-38)53-47(57(71)75-9-4)33-63-68(53)50-23-26-72-34-37(50)13-10-36-12-18-43(49(59)29-36)51-45(55(69)73-7-2)31-61-66(51)39-20-24-65(5)25-21-39/h11-12,15,17-19,28-29,31-33,37,39-41,50H,6-10,13-14,16,20-27,30,34H2,1-5H3. The molecule has 4 atom stereocenters. The number of aromatic nitrogens is 7. The van der Waals surface area contributed by atoms with Gasteiger partial charge in [-0.2, -0.15) is 19.7 Å². The lowest BCUT2D eigenvalue weighted by Gasteiger charge is -2.33. The van der Waals surface area contributed by atoms with Crippen molar-refractivity contribution in [3.05, 3.63) is 118 Å². The molecule has 16 nitrogen and oxygen atoms in total. The molecule has 2 aromatic carbocycles. The highest BCUT2D eigenvalue weighted by Gasteiger charge is 2.35. The van der Waals surface area contributed by atoms with Gasteiger partial charge in [-0.3, -0.25) is 14.0 Å². The van der Waals surface area contributed by atoms with E-state index in [1.165, 1.54) is 30.7 Å². The third-order valence-electron chi connectivity index (χ3n) is 15.0. The average Bonchev–Trinajstić information content (AvgIpc) is 4.20. The van der Waals surface area contributed by atoms with E-state index in [-0.39, 0.29) is 89.0 Å². The number of benzene rings is 2. The Morgan fingerprint density at radius 1 is 0.632 bits per heavy atom. The fourth-order valence-electron chi connectivity index (χ4n) is 11.0. The molecule has 0 N–H and O–H groups in total. The lowest BCUT2D eigenvalue weighted by atomic mass is 9.89. The van der Waals surface area contributed by atoms with Crippen LogP contribution in [0.1, 0.15) is 139 Å². The molecule has 404 valence electrons. The largest absolute Gasteiger partial charge is 0.462 e. The van der Waals surface area contributed by atoms with E-state index < -0.39 is 35.5 Å². The second kappa shape index (κ2) is 24.5. The molecule has 3 aliphatic rings. The van der Waals surface area contributed by atoms with Crippen molar-refractivity contribution >= 4 is 17.9 Å². The van der Waals surface area contributed by atoms with E-state index in [2.05, 4.69) is 27.1 Å². The molecule has 76 heavy (non-hydrogen) atoms. The van der Waals surface area contributed by atoms with Gasteiger partial charge in [0.25, 0.3) is 0 Å². The Morgan fingerprint density at radius 3 is 1.76 bits per heavy atom. The van der Waals surface area contributed by atoms with Crippen LogP contribution in [0.25, 0.3) is 33.8 Å². The number of hydrogen-bond donors (Lipinski definition) is 0. The molecule has 0 saturated carbocycles. The molecule has 7 heterocycles. The number of likely N-dealkylation sites (tertiary alicyclic amines) is 1. The van der Waals surface area contributed by atoms with Crippen molar-refractivity contribution in [2.24, 2.45) is 5.92 Å².